The van der Waals surface area contributed by atoms with Gasteiger partial charge in [-0.25, -0.2) is 0 Å². The Morgan fingerprint density at radius 2 is 1.93 bits per heavy atom. The summed E-state index contributed by atoms with van der Waals surface area (Å²) in [7, 11) is -0.923. The maximum absolute atomic E-state index is 11.7. The highest BCUT2D eigenvalue weighted by atomic mass is 32.2. The van der Waals surface area contributed by atoms with E-state index in [0.717, 1.165) is 31.6 Å². The predicted molar refractivity (Wildman–Crippen MR) is 56.7 cm³/mol. The monoisotopic (exact) mass is 218 g/mol. The fourth-order valence-corrected chi connectivity index (χ4v) is 3.35. The van der Waals surface area contributed by atoms with Crippen LogP contribution >= 0.6 is 0 Å². The average Bonchev–Trinajstić information content (AvgIpc) is 2.15. The lowest BCUT2D eigenvalue weighted by Gasteiger charge is -2.25. The highest BCUT2D eigenvalue weighted by Gasteiger charge is 2.23. The number of aliphatic carboxylic acids is 1. The highest BCUT2D eigenvalue weighted by molar-refractivity contribution is 7.85. The second-order valence-electron chi connectivity index (χ2n) is 4.11. The largest absolute Gasteiger partial charge is 0.481 e. The molecule has 0 spiro atoms. The lowest BCUT2D eigenvalue weighted by Crippen LogP contribution is -2.24. The maximum Gasteiger partial charge on any atom is 0.304 e. The zero-order valence-electron chi connectivity index (χ0n) is 8.57. The summed E-state index contributed by atoms with van der Waals surface area (Å²) in [4.78, 5) is 10.3. The van der Waals surface area contributed by atoms with Crippen molar-refractivity contribution in [2.75, 3.05) is 5.75 Å². The molecule has 1 rings (SSSR count). The quantitative estimate of drug-likeness (QED) is 0.782. The Labute approximate surface area is 87.3 Å². The minimum atomic E-state index is -0.923. The molecule has 0 amide bonds. The van der Waals surface area contributed by atoms with Gasteiger partial charge in [0, 0.05) is 21.8 Å². The molecule has 0 bridgehead atoms. The third-order valence-electron chi connectivity index (χ3n) is 2.85. The van der Waals surface area contributed by atoms with Crippen molar-refractivity contribution in [3.8, 4) is 0 Å². The molecular formula is C10H18O3S. The molecular weight excluding hydrogens is 200 g/mol. The van der Waals surface area contributed by atoms with Gasteiger partial charge in [-0.15, -0.1) is 0 Å². The number of carboxylic acid groups (broad SMARTS) is 1. The number of carbonyl (C=O) groups is 1. The summed E-state index contributed by atoms with van der Waals surface area (Å²) < 4.78 is 11.7. The third kappa shape index (κ3) is 3.78. The van der Waals surface area contributed by atoms with Gasteiger partial charge in [0.25, 0.3) is 0 Å². The van der Waals surface area contributed by atoms with E-state index in [9.17, 15) is 9.00 Å². The predicted octanol–water partition coefficient (Wildman–Crippen LogP) is 1.79. The molecule has 1 aliphatic carbocycles. The van der Waals surface area contributed by atoms with Gasteiger partial charge in [-0.2, -0.15) is 0 Å². The Morgan fingerprint density at radius 1 is 1.36 bits per heavy atom. The lowest BCUT2D eigenvalue weighted by atomic mass is 9.91. The maximum atomic E-state index is 11.7. The van der Waals surface area contributed by atoms with E-state index in [1.807, 2.05) is 0 Å². The van der Waals surface area contributed by atoms with Crippen LogP contribution in [-0.4, -0.2) is 26.3 Å². The summed E-state index contributed by atoms with van der Waals surface area (Å²) >= 11 is 0. The molecule has 1 saturated carbocycles. The van der Waals surface area contributed by atoms with E-state index in [2.05, 4.69) is 6.92 Å². The Balaban J connectivity index is 2.27. The molecule has 0 radical (unpaired) electrons. The first kappa shape index (κ1) is 11.7. The van der Waals surface area contributed by atoms with Crippen molar-refractivity contribution < 1.29 is 14.1 Å². The Kier molecular flexibility index (Phi) is 4.58. The molecule has 3 nitrogen and oxygen atoms in total. The van der Waals surface area contributed by atoms with E-state index in [-0.39, 0.29) is 11.7 Å². The van der Waals surface area contributed by atoms with Crippen LogP contribution in [0, 0.1) is 5.92 Å². The molecule has 1 aliphatic rings. The van der Waals surface area contributed by atoms with Crippen LogP contribution in [0.15, 0.2) is 0 Å². The Morgan fingerprint density at radius 3 is 2.43 bits per heavy atom. The van der Waals surface area contributed by atoms with Crippen molar-refractivity contribution in [3.05, 3.63) is 0 Å². The summed E-state index contributed by atoms with van der Waals surface area (Å²) in [6.07, 6.45) is 4.34. The lowest BCUT2D eigenvalue weighted by molar-refractivity contribution is -0.136. The van der Waals surface area contributed by atoms with Crippen molar-refractivity contribution in [1.29, 1.82) is 0 Å². The molecule has 0 aromatic carbocycles. The van der Waals surface area contributed by atoms with E-state index in [0.29, 0.717) is 5.75 Å². The van der Waals surface area contributed by atoms with Gasteiger partial charge >= 0.3 is 5.97 Å². The van der Waals surface area contributed by atoms with Gasteiger partial charge in [-0.3, -0.25) is 9.00 Å². The SMILES string of the molecule is CC1CCC(S(=O)CCC(=O)O)CC1. The van der Waals surface area contributed by atoms with Gasteiger partial charge in [-0.1, -0.05) is 6.92 Å². The first-order valence-electron chi connectivity index (χ1n) is 5.18. The van der Waals surface area contributed by atoms with Crippen molar-refractivity contribution in [2.24, 2.45) is 5.92 Å². The average molecular weight is 218 g/mol. The van der Waals surface area contributed by atoms with Crippen LogP contribution in [0.1, 0.15) is 39.0 Å². The fraction of sp³-hybridized carbons (Fsp3) is 0.900. The molecule has 0 saturated heterocycles. The van der Waals surface area contributed by atoms with Crippen LogP contribution in [0.2, 0.25) is 0 Å². The summed E-state index contributed by atoms with van der Waals surface area (Å²) in [5.41, 5.74) is 0. The zero-order chi connectivity index (χ0) is 10.6. The molecule has 1 unspecified atom stereocenters. The van der Waals surface area contributed by atoms with Crippen LogP contribution in [0.5, 0.6) is 0 Å². The second kappa shape index (κ2) is 5.49. The van der Waals surface area contributed by atoms with Crippen LogP contribution in [0.3, 0.4) is 0 Å². The highest BCUT2D eigenvalue weighted by Crippen LogP contribution is 2.26. The van der Waals surface area contributed by atoms with E-state index < -0.39 is 16.8 Å². The van der Waals surface area contributed by atoms with Crippen LogP contribution < -0.4 is 0 Å². The molecule has 14 heavy (non-hydrogen) atoms. The van der Waals surface area contributed by atoms with Crippen molar-refractivity contribution in [2.45, 2.75) is 44.3 Å². The summed E-state index contributed by atoms with van der Waals surface area (Å²) in [6, 6.07) is 0. The van der Waals surface area contributed by atoms with Gasteiger partial charge in [0.1, 0.15) is 0 Å². The molecule has 0 heterocycles. The normalized spacial score (nSPS) is 29.8. The molecule has 1 fully saturated rings. The van der Waals surface area contributed by atoms with Crippen LogP contribution in [0.25, 0.3) is 0 Å². The van der Waals surface area contributed by atoms with Gasteiger partial charge < -0.3 is 5.11 Å². The molecule has 1 atom stereocenters. The molecule has 0 aromatic heterocycles. The van der Waals surface area contributed by atoms with Crippen LogP contribution in [-0.2, 0) is 15.6 Å². The minimum Gasteiger partial charge on any atom is -0.481 e. The second-order valence-corrected chi connectivity index (χ2v) is 5.95. The molecule has 0 aliphatic heterocycles. The summed E-state index contributed by atoms with van der Waals surface area (Å²) in [5.74, 6) is 0.235. The van der Waals surface area contributed by atoms with Crippen molar-refractivity contribution >= 4 is 16.8 Å². The first-order chi connectivity index (χ1) is 6.59. The molecule has 82 valence electrons. The van der Waals surface area contributed by atoms with E-state index in [1.165, 1.54) is 0 Å². The number of carboxylic acids is 1. The number of rotatable bonds is 4. The van der Waals surface area contributed by atoms with E-state index in [4.69, 9.17) is 5.11 Å². The fourth-order valence-electron chi connectivity index (χ4n) is 1.85. The number of hydrogen-bond donors (Lipinski definition) is 1. The number of hydrogen-bond acceptors (Lipinski definition) is 2. The van der Waals surface area contributed by atoms with E-state index >= 15 is 0 Å². The first-order valence-corrected chi connectivity index (χ1v) is 6.56. The summed E-state index contributed by atoms with van der Waals surface area (Å²) in [5, 5.41) is 8.72. The van der Waals surface area contributed by atoms with Crippen molar-refractivity contribution in [1.82, 2.24) is 0 Å². The zero-order valence-corrected chi connectivity index (χ0v) is 9.39. The smallest absolute Gasteiger partial charge is 0.304 e. The molecule has 1 N–H and O–H groups in total. The van der Waals surface area contributed by atoms with E-state index in [1.54, 1.807) is 0 Å². The third-order valence-corrected chi connectivity index (χ3v) is 4.67. The Bertz CT molecular complexity index is 219. The van der Waals surface area contributed by atoms with Gasteiger partial charge in [-0.05, 0) is 31.6 Å². The standard InChI is InChI=1S/C10H18O3S/c1-8-2-4-9(5-3-8)14(13)7-6-10(11)12/h8-9H,2-7H2,1H3,(H,11,12). The molecule has 4 heteroatoms. The minimum absolute atomic E-state index is 0.0403. The van der Waals surface area contributed by atoms with Gasteiger partial charge in [0.05, 0.1) is 6.42 Å². The van der Waals surface area contributed by atoms with Gasteiger partial charge in [0.15, 0.2) is 0 Å². The molecule has 0 aromatic rings. The van der Waals surface area contributed by atoms with Crippen molar-refractivity contribution in [3.63, 3.8) is 0 Å². The van der Waals surface area contributed by atoms with Gasteiger partial charge in [0.2, 0.25) is 0 Å². The summed E-state index contributed by atoms with van der Waals surface area (Å²) in [6.45, 7) is 2.22. The topological polar surface area (TPSA) is 54.4 Å². The Hall–Kier alpha value is -0.380. The van der Waals surface area contributed by atoms with Crippen LogP contribution in [0.4, 0.5) is 0 Å².